The van der Waals surface area contributed by atoms with Gasteiger partial charge in [0.2, 0.25) is 0 Å². The summed E-state index contributed by atoms with van der Waals surface area (Å²) in [5, 5.41) is 0. The molecule has 9 heteroatoms. The third kappa shape index (κ3) is 3.54. The minimum Gasteiger partial charge on any atom is -0.352 e. The number of carbonyl (C=O) groups is 1. The number of aromatic nitrogens is 3. The van der Waals surface area contributed by atoms with Crippen LogP contribution >= 0.6 is 0 Å². The second kappa shape index (κ2) is 6.66. The Morgan fingerprint density at radius 1 is 1.08 bits per heavy atom. The van der Waals surface area contributed by atoms with Crippen LogP contribution in [0.25, 0.3) is 0 Å². The number of alkyl halides is 3. The zero-order chi connectivity index (χ0) is 18.0. The number of hydrogen-bond donors (Lipinski definition) is 0. The van der Waals surface area contributed by atoms with Gasteiger partial charge in [-0.1, -0.05) is 0 Å². The van der Waals surface area contributed by atoms with Gasteiger partial charge < -0.3 is 9.80 Å². The van der Waals surface area contributed by atoms with Crippen molar-refractivity contribution >= 4 is 11.7 Å². The van der Waals surface area contributed by atoms with Crippen LogP contribution in [0.15, 0.2) is 30.9 Å². The fourth-order valence-electron chi connectivity index (χ4n) is 2.81. The second-order valence-corrected chi connectivity index (χ2v) is 5.66. The average molecular weight is 351 g/mol. The lowest BCUT2D eigenvalue weighted by molar-refractivity contribution is -0.138. The molecule has 6 nitrogen and oxygen atoms in total. The SMILES string of the molecule is Cc1nccnc1N1CCN(C(=O)c2ccncc2C(F)(F)F)CC1. The molecule has 0 bridgehead atoms. The predicted molar refractivity (Wildman–Crippen MR) is 84.1 cm³/mol. The molecule has 132 valence electrons. The highest BCUT2D eigenvalue weighted by molar-refractivity contribution is 5.96. The molecule has 3 heterocycles. The molecular formula is C16H16F3N5O. The van der Waals surface area contributed by atoms with Gasteiger partial charge in [-0.25, -0.2) is 4.98 Å². The number of piperazine rings is 1. The maximum atomic E-state index is 13.1. The smallest absolute Gasteiger partial charge is 0.352 e. The van der Waals surface area contributed by atoms with Gasteiger partial charge in [-0.05, 0) is 13.0 Å². The summed E-state index contributed by atoms with van der Waals surface area (Å²) in [4.78, 5) is 27.9. The maximum absolute atomic E-state index is 13.1. The lowest BCUT2D eigenvalue weighted by atomic mass is 10.1. The predicted octanol–water partition coefficient (Wildman–Crippen LogP) is 2.16. The van der Waals surface area contributed by atoms with Crippen LogP contribution < -0.4 is 4.90 Å². The standard InChI is InChI=1S/C16H16F3N5O/c1-11-14(22-5-4-21-11)23-6-8-24(9-7-23)15(25)12-2-3-20-10-13(12)16(17,18)19/h2-5,10H,6-9H2,1H3. The first kappa shape index (κ1) is 17.1. The zero-order valence-corrected chi connectivity index (χ0v) is 13.5. The topological polar surface area (TPSA) is 62.2 Å². The third-order valence-corrected chi connectivity index (χ3v) is 4.08. The summed E-state index contributed by atoms with van der Waals surface area (Å²) in [7, 11) is 0. The summed E-state index contributed by atoms with van der Waals surface area (Å²) in [5.74, 6) is 0.0970. The highest BCUT2D eigenvalue weighted by Gasteiger charge is 2.37. The van der Waals surface area contributed by atoms with Crippen LogP contribution in [0.3, 0.4) is 0 Å². The van der Waals surface area contributed by atoms with Crippen LogP contribution in [0, 0.1) is 6.92 Å². The zero-order valence-electron chi connectivity index (χ0n) is 13.5. The van der Waals surface area contributed by atoms with E-state index in [1.54, 1.807) is 12.4 Å². The Kier molecular flexibility index (Phi) is 4.56. The van der Waals surface area contributed by atoms with E-state index in [4.69, 9.17) is 0 Å². The molecule has 1 aliphatic heterocycles. The van der Waals surface area contributed by atoms with Gasteiger partial charge in [0.15, 0.2) is 0 Å². The lowest BCUT2D eigenvalue weighted by Gasteiger charge is -2.36. The molecule has 2 aromatic rings. The molecule has 0 unspecified atom stereocenters. The van der Waals surface area contributed by atoms with Crippen molar-refractivity contribution in [3.63, 3.8) is 0 Å². The third-order valence-electron chi connectivity index (χ3n) is 4.08. The highest BCUT2D eigenvalue weighted by atomic mass is 19.4. The number of nitrogens with zero attached hydrogens (tertiary/aromatic N) is 5. The van der Waals surface area contributed by atoms with Gasteiger partial charge in [0.1, 0.15) is 5.82 Å². The van der Waals surface area contributed by atoms with Crippen LogP contribution in [0.4, 0.5) is 19.0 Å². The van der Waals surface area contributed by atoms with Crippen molar-refractivity contribution < 1.29 is 18.0 Å². The molecule has 1 saturated heterocycles. The van der Waals surface area contributed by atoms with Gasteiger partial charge in [0.05, 0.1) is 16.8 Å². The lowest BCUT2D eigenvalue weighted by Crippen LogP contribution is -2.49. The first-order valence-corrected chi connectivity index (χ1v) is 7.71. The number of carbonyl (C=O) groups excluding carboxylic acids is 1. The van der Waals surface area contributed by atoms with E-state index in [-0.39, 0.29) is 5.56 Å². The van der Waals surface area contributed by atoms with Gasteiger partial charge >= 0.3 is 6.18 Å². The number of hydrogen-bond acceptors (Lipinski definition) is 5. The van der Waals surface area contributed by atoms with Crippen molar-refractivity contribution in [2.75, 3.05) is 31.1 Å². The minimum absolute atomic E-state index is 0.314. The van der Waals surface area contributed by atoms with Gasteiger partial charge in [0, 0.05) is 51.0 Å². The molecule has 0 spiro atoms. The summed E-state index contributed by atoms with van der Waals surface area (Å²) in [6.45, 7) is 3.44. The Morgan fingerprint density at radius 3 is 2.40 bits per heavy atom. The van der Waals surface area contributed by atoms with E-state index in [0.29, 0.717) is 32.4 Å². The number of rotatable bonds is 2. The van der Waals surface area contributed by atoms with Gasteiger partial charge in [-0.15, -0.1) is 0 Å². The molecule has 0 aromatic carbocycles. The number of amides is 1. The molecular weight excluding hydrogens is 335 g/mol. The summed E-state index contributed by atoms with van der Waals surface area (Å²) in [5.41, 5.74) is -0.602. The number of halogens is 3. The normalized spacial score (nSPS) is 15.4. The first-order chi connectivity index (χ1) is 11.9. The molecule has 25 heavy (non-hydrogen) atoms. The largest absolute Gasteiger partial charge is 0.418 e. The Hall–Kier alpha value is -2.71. The molecule has 1 aliphatic rings. The number of anilines is 1. The van der Waals surface area contributed by atoms with Crippen molar-refractivity contribution in [1.82, 2.24) is 19.9 Å². The monoisotopic (exact) mass is 351 g/mol. The van der Waals surface area contributed by atoms with Gasteiger partial charge in [-0.2, -0.15) is 13.2 Å². The Morgan fingerprint density at radius 2 is 1.76 bits per heavy atom. The summed E-state index contributed by atoms with van der Waals surface area (Å²) < 4.78 is 39.2. The van der Waals surface area contributed by atoms with E-state index in [9.17, 15) is 18.0 Å². The van der Waals surface area contributed by atoms with Crippen molar-refractivity contribution in [2.24, 2.45) is 0 Å². The van der Waals surface area contributed by atoms with Crippen LogP contribution in [0.5, 0.6) is 0 Å². The fourth-order valence-corrected chi connectivity index (χ4v) is 2.81. The first-order valence-electron chi connectivity index (χ1n) is 7.71. The molecule has 3 rings (SSSR count). The average Bonchev–Trinajstić information content (AvgIpc) is 2.61. The molecule has 0 saturated carbocycles. The summed E-state index contributed by atoms with van der Waals surface area (Å²) in [6.07, 6.45) is 0.457. The van der Waals surface area contributed by atoms with Crippen molar-refractivity contribution in [3.05, 3.63) is 47.7 Å². The van der Waals surface area contributed by atoms with Gasteiger partial charge in [0.25, 0.3) is 5.91 Å². The Labute approximate surface area is 142 Å². The quantitative estimate of drug-likeness (QED) is 0.830. The van der Waals surface area contributed by atoms with E-state index in [1.165, 1.54) is 11.1 Å². The molecule has 1 amide bonds. The number of aryl methyl sites for hydroxylation is 1. The van der Waals surface area contributed by atoms with Crippen LogP contribution in [0.2, 0.25) is 0 Å². The van der Waals surface area contributed by atoms with Crippen molar-refractivity contribution in [2.45, 2.75) is 13.1 Å². The Bertz CT molecular complexity index is 772. The number of pyridine rings is 1. The van der Waals surface area contributed by atoms with Crippen molar-refractivity contribution in [3.8, 4) is 0 Å². The van der Waals surface area contributed by atoms with Crippen LogP contribution in [-0.4, -0.2) is 51.9 Å². The molecule has 0 aliphatic carbocycles. The van der Waals surface area contributed by atoms with Crippen LogP contribution in [-0.2, 0) is 6.18 Å². The molecule has 0 N–H and O–H groups in total. The minimum atomic E-state index is -4.61. The van der Waals surface area contributed by atoms with E-state index in [1.807, 2.05) is 11.8 Å². The van der Waals surface area contributed by atoms with Crippen molar-refractivity contribution in [1.29, 1.82) is 0 Å². The molecule has 1 fully saturated rings. The Balaban J connectivity index is 1.74. The summed E-state index contributed by atoms with van der Waals surface area (Å²) in [6, 6.07) is 1.12. The van der Waals surface area contributed by atoms with Crippen LogP contribution in [0.1, 0.15) is 21.6 Å². The van der Waals surface area contributed by atoms with E-state index >= 15 is 0 Å². The molecule has 0 atom stereocenters. The second-order valence-electron chi connectivity index (χ2n) is 5.66. The van der Waals surface area contributed by atoms with Gasteiger partial charge in [-0.3, -0.25) is 14.8 Å². The fraction of sp³-hybridized carbons (Fsp3) is 0.375. The molecule has 0 radical (unpaired) electrons. The van der Waals surface area contributed by atoms with E-state index in [2.05, 4.69) is 15.0 Å². The molecule has 2 aromatic heterocycles. The van der Waals surface area contributed by atoms with E-state index in [0.717, 1.165) is 17.6 Å². The maximum Gasteiger partial charge on any atom is 0.418 e. The highest BCUT2D eigenvalue weighted by Crippen LogP contribution is 2.32. The summed E-state index contributed by atoms with van der Waals surface area (Å²) >= 11 is 0. The van der Waals surface area contributed by atoms with E-state index < -0.39 is 17.6 Å².